The first kappa shape index (κ1) is 13.2. The average molecular weight is 290 g/mol. The molecule has 20 heavy (non-hydrogen) atoms. The highest BCUT2D eigenvalue weighted by molar-refractivity contribution is 7.80. The van der Waals surface area contributed by atoms with Gasteiger partial charge < -0.3 is 20.5 Å². The number of hydrogen-bond acceptors (Lipinski definition) is 4. The molecule has 1 atom stereocenters. The molecule has 0 saturated carbocycles. The van der Waals surface area contributed by atoms with Crippen LogP contribution in [-0.4, -0.2) is 34.3 Å². The molecular weight excluding hydrogens is 274 g/mol. The molecule has 0 bridgehead atoms. The third kappa shape index (κ3) is 2.32. The maximum atomic E-state index is 9.59. The molecule has 5 nitrogen and oxygen atoms in total. The van der Waals surface area contributed by atoms with Crippen molar-refractivity contribution in [2.45, 2.75) is 18.9 Å². The molecule has 0 spiro atoms. The van der Waals surface area contributed by atoms with Gasteiger partial charge in [-0.15, -0.1) is 0 Å². The molecule has 0 unspecified atom stereocenters. The molecule has 2 aliphatic heterocycles. The van der Waals surface area contributed by atoms with Gasteiger partial charge in [0.1, 0.15) is 18.1 Å². The smallest absolute Gasteiger partial charge is 0.200 e. The van der Waals surface area contributed by atoms with Crippen molar-refractivity contribution in [3.8, 4) is 11.5 Å². The lowest BCUT2D eigenvalue weighted by Gasteiger charge is -2.34. The predicted molar refractivity (Wildman–Crippen MR) is 79.4 cm³/mol. The van der Waals surface area contributed by atoms with E-state index < -0.39 is 0 Å². The summed E-state index contributed by atoms with van der Waals surface area (Å²) < 4.78 is 5.77. The number of nitrogens with two attached hydrogens (primary N) is 1. The van der Waals surface area contributed by atoms with E-state index in [0.29, 0.717) is 18.3 Å². The first-order chi connectivity index (χ1) is 9.69. The van der Waals surface area contributed by atoms with Crippen LogP contribution in [-0.2, 0) is 6.42 Å². The lowest BCUT2D eigenvalue weighted by Crippen LogP contribution is -2.44. The van der Waals surface area contributed by atoms with Gasteiger partial charge in [0.05, 0.1) is 6.04 Å². The molecule has 105 valence electrons. The molecule has 0 aliphatic carbocycles. The highest BCUT2D eigenvalue weighted by atomic mass is 32.1. The number of phenolic OH excluding ortho intramolecular Hbond substituents is 1. The van der Waals surface area contributed by atoms with Crippen LogP contribution in [0.15, 0.2) is 30.1 Å². The number of aromatic hydroxyl groups is 1. The van der Waals surface area contributed by atoms with Gasteiger partial charge in [-0.1, -0.05) is 0 Å². The van der Waals surface area contributed by atoms with Crippen molar-refractivity contribution >= 4 is 17.3 Å². The predicted octanol–water partition coefficient (Wildman–Crippen LogP) is 1.09. The third-order valence-corrected chi connectivity index (χ3v) is 3.84. The SMILES string of the molecule is NCCC1=C[N]C(=S)N1[C@H]1COc2ccc(O)cc2C1. The zero-order valence-electron chi connectivity index (χ0n) is 11.0. The molecule has 0 amide bonds. The van der Waals surface area contributed by atoms with Crippen LogP contribution < -0.4 is 15.8 Å². The van der Waals surface area contributed by atoms with E-state index in [1.165, 1.54) is 0 Å². The van der Waals surface area contributed by atoms with Crippen molar-refractivity contribution in [1.82, 2.24) is 10.2 Å². The van der Waals surface area contributed by atoms with Crippen LogP contribution in [0.2, 0.25) is 0 Å². The molecule has 6 heteroatoms. The number of ether oxygens (including phenoxy) is 1. The first-order valence-corrected chi connectivity index (χ1v) is 6.97. The molecule has 1 aromatic rings. The van der Waals surface area contributed by atoms with E-state index in [2.05, 4.69) is 5.32 Å². The van der Waals surface area contributed by atoms with Crippen molar-refractivity contribution in [3.05, 3.63) is 35.7 Å². The zero-order valence-corrected chi connectivity index (χ0v) is 11.8. The standard InChI is InChI=1S/C14H16N3O2S/c15-4-3-10-7-16-14(20)17(10)11-5-9-6-12(18)1-2-13(9)19-8-11/h1-2,6-7,11,18H,3-5,8,15H2/t11-/m1/s1. The second kappa shape index (κ2) is 5.30. The van der Waals surface area contributed by atoms with Gasteiger partial charge in [-0.2, -0.15) is 0 Å². The first-order valence-electron chi connectivity index (χ1n) is 6.57. The Morgan fingerprint density at radius 3 is 3.15 bits per heavy atom. The van der Waals surface area contributed by atoms with Crippen molar-refractivity contribution in [2.75, 3.05) is 13.2 Å². The molecule has 0 fully saturated rings. The zero-order chi connectivity index (χ0) is 14.1. The number of nitrogens with zero attached hydrogens (tertiary/aromatic N) is 2. The van der Waals surface area contributed by atoms with Crippen LogP contribution in [0.1, 0.15) is 12.0 Å². The van der Waals surface area contributed by atoms with Crippen LogP contribution in [0.4, 0.5) is 0 Å². The summed E-state index contributed by atoms with van der Waals surface area (Å²) in [4.78, 5) is 2.02. The van der Waals surface area contributed by atoms with Crippen LogP contribution >= 0.6 is 12.2 Å². The minimum Gasteiger partial charge on any atom is -0.508 e. The molecule has 0 saturated heterocycles. The largest absolute Gasteiger partial charge is 0.508 e. The molecule has 3 N–H and O–H groups in total. The van der Waals surface area contributed by atoms with Gasteiger partial charge in [-0.05, 0) is 42.5 Å². The lowest BCUT2D eigenvalue weighted by atomic mass is 10.0. The van der Waals surface area contributed by atoms with Crippen LogP contribution in [0.5, 0.6) is 11.5 Å². The molecule has 2 aliphatic rings. The monoisotopic (exact) mass is 290 g/mol. The Hall–Kier alpha value is -1.79. The maximum absolute atomic E-state index is 9.59. The van der Waals surface area contributed by atoms with Crippen LogP contribution in [0.3, 0.4) is 0 Å². The summed E-state index contributed by atoms with van der Waals surface area (Å²) in [7, 11) is 0. The molecule has 1 radical (unpaired) electrons. The summed E-state index contributed by atoms with van der Waals surface area (Å²) in [5, 5.41) is 14.3. The minimum atomic E-state index is 0.0980. The fourth-order valence-electron chi connectivity index (χ4n) is 2.63. The molecule has 3 rings (SSSR count). The van der Waals surface area contributed by atoms with E-state index in [1.807, 2.05) is 4.90 Å². The topological polar surface area (TPSA) is 72.8 Å². The number of phenols is 1. The van der Waals surface area contributed by atoms with Crippen LogP contribution in [0, 0.1) is 0 Å². The quantitative estimate of drug-likeness (QED) is 0.815. The van der Waals surface area contributed by atoms with E-state index in [4.69, 9.17) is 22.7 Å². The summed E-state index contributed by atoms with van der Waals surface area (Å²) >= 11 is 5.30. The van der Waals surface area contributed by atoms with Crippen molar-refractivity contribution in [1.29, 1.82) is 0 Å². The van der Waals surface area contributed by atoms with E-state index >= 15 is 0 Å². The highest BCUT2D eigenvalue weighted by Crippen LogP contribution is 2.32. The number of benzene rings is 1. The Balaban J connectivity index is 1.82. The van der Waals surface area contributed by atoms with E-state index in [1.54, 1.807) is 24.4 Å². The summed E-state index contributed by atoms with van der Waals surface area (Å²) in [6.07, 6.45) is 3.29. The third-order valence-electron chi connectivity index (χ3n) is 3.54. The summed E-state index contributed by atoms with van der Waals surface area (Å²) in [6.45, 7) is 1.11. The van der Waals surface area contributed by atoms with Gasteiger partial charge in [0.25, 0.3) is 0 Å². The second-order valence-corrected chi connectivity index (χ2v) is 5.27. The fourth-order valence-corrected chi connectivity index (χ4v) is 2.95. The number of fused-ring (bicyclic) bond motifs is 1. The minimum absolute atomic E-state index is 0.0980. The van der Waals surface area contributed by atoms with Crippen molar-refractivity contribution in [3.63, 3.8) is 0 Å². The Labute approximate surface area is 123 Å². The summed E-state index contributed by atoms with van der Waals surface area (Å²) in [5.41, 5.74) is 7.65. The Kier molecular flexibility index (Phi) is 3.50. The van der Waals surface area contributed by atoms with Crippen LogP contribution in [0.25, 0.3) is 0 Å². The molecular formula is C14H16N3O2S. The van der Waals surface area contributed by atoms with Gasteiger partial charge >= 0.3 is 0 Å². The lowest BCUT2D eigenvalue weighted by molar-refractivity contribution is 0.196. The fraction of sp³-hybridized carbons (Fsp3) is 0.357. The maximum Gasteiger partial charge on any atom is 0.200 e. The summed E-state index contributed by atoms with van der Waals surface area (Å²) in [5.74, 6) is 1.07. The van der Waals surface area contributed by atoms with E-state index in [-0.39, 0.29) is 11.8 Å². The molecule has 1 aromatic carbocycles. The van der Waals surface area contributed by atoms with E-state index in [9.17, 15) is 5.11 Å². The number of rotatable bonds is 3. The van der Waals surface area contributed by atoms with E-state index in [0.717, 1.165) is 29.9 Å². The highest BCUT2D eigenvalue weighted by Gasteiger charge is 2.32. The number of hydrogen-bond donors (Lipinski definition) is 2. The second-order valence-electron chi connectivity index (χ2n) is 4.90. The van der Waals surface area contributed by atoms with Gasteiger partial charge in [-0.25, -0.2) is 5.32 Å². The van der Waals surface area contributed by atoms with Gasteiger partial charge in [0.15, 0.2) is 5.11 Å². The van der Waals surface area contributed by atoms with Crippen molar-refractivity contribution in [2.24, 2.45) is 5.73 Å². The number of thiocarbonyl (C=S) groups is 1. The Morgan fingerprint density at radius 1 is 1.50 bits per heavy atom. The average Bonchev–Trinajstić information content (AvgIpc) is 2.79. The van der Waals surface area contributed by atoms with Crippen molar-refractivity contribution < 1.29 is 9.84 Å². The normalized spacial score (nSPS) is 21.1. The van der Waals surface area contributed by atoms with Gasteiger partial charge in [-0.3, -0.25) is 0 Å². The summed E-state index contributed by atoms with van der Waals surface area (Å²) in [6, 6.07) is 5.27. The molecule has 0 aromatic heterocycles. The Bertz CT molecular complexity index is 574. The van der Waals surface area contributed by atoms with Gasteiger partial charge in [0.2, 0.25) is 0 Å². The Morgan fingerprint density at radius 2 is 2.35 bits per heavy atom. The molecule has 2 heterocycles. The van der Waals surface area contributed by atoms with Gasteiger partial charge in [0, 0.05) is 24.7 Å².